The highest BCUT2D eigenvalue weighted by Crippen LogP contribution is 2.41. The second-order valence-corrected chi connectivity index (χ2v) is 10.4. The lowest BCUT2D eigenvalue weighted by molar-refractivity contribution is 0.414. The van der Waals surface area contributed by atoms with Crippen molar-refractivity contribution in [3.63, 3.8) is 0 Å². The molecule has 1 atom stereocenters. The number of aromatic nitrogens is 1. The number of hydrogen-bond donors (Lipinski definition) is 0. The van der Waals surface area contributed by atoms with Gasteiger partial charge in [0.05, 0.1) is 23.4 Å². The van der Waals surface area contributed by atoms with Gasteiger partial charge in [-0.3, -0.25) is 9.36 Å². The molecule has 4 aromatic rings. The number of methoxy groups -OCH3 is 1. The number of benzene rings is 3. The molecule has 6 rings (SSSR count). The third-order valence-corrected chi connectivity index (χ3v) is 8.25. The average Bonchev–Trinajstić information content (AvgIpc) is 3.19. The molecule has 4 nitrogen and oxygen atoms in total. The Morgan fingerprint density at radius 1 is 1.11 bits per heavy atom. The van der Waals surface area contributed by atoms with Crippen LogP contribution in [0, 0.1) is 5.82 Å². The van der Waals surface area contributed by atoms with Crippen molar-refractivity contribution in [3.8, 4) is 5.75 Å². The zero-order valence-electron chi connectivity index (χ0n) is 18.8. The highest BCUT2D eigenvalue weighted by molar-refractivity contribution is 9.10. The molecule has 1 aromatic heterocycles. The normalized spacial score (nSPS) is 16.9. The summed E-state index contributed by atoms with van der Waals surface area (Å²) in [6.07, 6.45) is 3.54. The van der Waals surface area contributed by atoms with Crippen LogP contribution in [0.1, 0.15) is 34.7 Å². The zero-order valence-corrected chi connectivity index (χ0v) is 21.2. The fourth-order valence-electron chi connectivity index (χ4n) is 4.87. The molecule has 3 aromatic carbocycles. The molecular formula is C28H20BrFN2O2S. The number of ether oxygens (including phenoxy) is 1. The lowest BCUT2D eigenvalue weighted by Gasteiger charge is -2.30. The number of halogens is 2. The van der Waals surface area contributed by atoms with Gasteiger partial charge in [0.25, 0.3) is 5.56 Å². The fraction of sp³-hybridized carbons (Fsp3) is 0.143. The van der Waals surface area contributed by atoms with Crippen molar-refractivity contribution in [2.75, 3.05) is 7.11 Å². The van der Waals surface area contributed by atoms with Crippen LogP contribution in [-0.2, 0) is 6.42 Å². The van der Waals surface area contributed by atoms with Gasteiger partial charge in [0.2, 0.25) is 0 Å². The van der Waals surface area contributed by atoms with Crippen LogP contribution in [0.2, 0.25) is 0 Å². The summed E-state index contributed by atoms with van der Waals surface area (Å²) in [5.41, 5.74) is 6.00. The Balaban J connectivity index is 1.62. The van der Waals surface area contributed by atoms with Crippen LogP contribution < -0.4 is 19.6 Å². The summed E-state index contributed by atoms with van der Waals surface area (Å²) in [6.45, 7) is 0. The molecule has 35 heavy (non-hydrogen) atoms. The first kappa shape index (κ1) is 22.2. The summed E-state index contributed by atoms with van der Waals surface area (Å²) >= 11 is 4.95. The van der Waals surface area contributed by atoms with E-state index in [9.17, 15) is 9.18 Å². The molecule has 174 valence electrons. The number of fused-ring (bicyclic) bond motifs is 3. The summed E-state index contributed by atoms with van der Waals surface area (Å²) in [5.74, 6) is 0.413. The van der Waals surface area contributed by atoms with Crippen molar-refractivity contribution >= 4 is 39.0 Å². The molecule has 1 aliphatic heterocycles. The zero-order chi connectivity index (χ0) is 24.1. The first-order chi connectivity index (χ1) is 17.0. The fourth-order valence-corrected chi connectivity index (χ4v) is 6.22. The number of nitrogens with zero attached hydrogens (tertiary/aromatic N) is 2. The predicted octanol–water partition coefficient (Wildman–Crippen LogP) is 5.23. The number of rotatable bonds is 3. The molecule has 0 fully saturated rings. The molecule has 7 heteroatoms. The van der Waals surface area contributed by atoms with E-state index in [-0.39, 0.29) is 17.4 Å². The summed E-state index contributed by atoms with van der Waals surface area (Å²) in [7, 11) is 1.62. The number of hydrogen-bond acceptors (Lipinski definition) is 4. The molecule has 0 N–H and O–H groups in total. The second kappa shape index (κ2) is 8.73. The maximum Gasteiger partial charge on any atom is 0.271 e. The number of aryl methyl sites for hydroxylation is 1. The van der Waals surface area contributed by atoms with Crippen LogP contribution in [0.5, 0.6) is 5.75 Å². The van der Waals surface area contributed by atoms with E-state index in [2.05, 4.69) is 28.1 Å². The van der Waals surface area contributed by atoms with Gasteiger partial charge in [-0.25, -0.2) is 9.38 Å². The van der Waals surface area contributed by atoms with Crippen LogP contribution in [0.25, 0.3) is 11.8 Å². The Morgan fingerprint density at radius 2 is 1.91 bits per heavy atom. The van der Waals surface area contributed by atoms with Crippen molar-refractivity contribution in [2.45, 2.75) is 18.9 Å². The lowest BCUT2D eigenvalue weighted by atomic mass is 9.83. The minimum Gasteiger partial charge on any atom is -0.497 e. The maximum absolute atomic E-state index is 13.8. The van der Waals surface area contributed by atoms with Crippen LogP contribution in [0.3, 0.4) is 0 Å². The van der Waals surface area contributed by atoms with Gasteiger partial charge in [0, 0.05) is 10.0 Å². The Bertz CT molecular complexity index is 1690. The Labute approximate surface area is 213 Å². The van der Waals surface area contributed by atoms with Gasteiger partial charge in [-0.2, -0.15) is 0 Å². The van der Waals surface area contributed by atoms with E-state index in [4.69, 9.17) is 9.73 Å². The van der Waals surface area contributed by atoms with Crippen molar-refractivity contribution < 1.29 is 9.13 Å². The smallest absolute Gasteiger partial charge is 0.271 e. The Morgan fingerprint density at radius 3 is 2.71 bits per heavy atom. The monoisotopic (exact) mass is 546 g/mol. The molecule has 0 saturated carbocycles. The predicted molar refractivity (Wildman–Crippen MR) is 140 cm³/mol. The van der Waals surface area contributed by atoms with Gasteiger partial charge in [0.15, 0.2) is 4.80 Å². The molecule has 1 aliphatic carbocycles. The van der Waals surface area contributed by atoms with Gasteiger partial charge in [-0.15, -0.1) is 0 Å². The minimum atomic E-state index is -0.328. The third kappa shape index (κ3) is 3.79. The number of allylic oxidation sites excluding steroid dienone is 1. The van der Waals surface area contributed by atoms with E-state index in [1.807, 2.05) is 36.4 Å². The maximum atomic E-state index is 13.8. The van der Waals surface area contributed by atoms with Crippen LogP contribution in [0.4, 0.5) is 4.39 Å². The van der Waals surface area contributed by atoms with Crippen LogP contribution in [0.15, 0.2) is 86.6 Å². The largest absolute Gasteiger partial charge is 0.497 e. The standard InChI is InChI=1S/C28H20BrFN2O2S/c1-34-20-11-13-23(29)18(14-20)15-24-27(33)32-26(17-6-9-19(30)10-7-17)22-12-8-16-4-2-3-5-21(16)25(22)31-28(32)35-24/h2-7,9-11,13-15,26H,8,12H2,1H3. The molecule has 2 aliphatic rings. The van der Waals surface area contributed by atoms with Gasteiger partial charge in [-0.05, 0) is 71.5 Å². The van der Waals surface area contributed by atoms with Crippen molar-refractivity contribution in [1.29, 1.82) is 0 Å². The second-order valence-electron chi connectivity index (χ2n) is 8.55. The summed E-state index contributed by atoms with van der Waals surface area (Å²) < 4.78 is 22.4. The molecule has 0 amide bonds. The third-order valence-electron chi connectivity index (χ3n) is 6.55. The molecule has 0 saturated heterocycles. The minimum absolute atomic E-state index is 0.108. The molecule has 0 radical (unpaired) electrons. The SMILES string of the molecule is COc1ccc(Br)c(C=c2sc3n(c2=O)C(c2ccc(F)cc2)C2=C(N=3)c3ccccc3CC2)c1. The van der Waals surface area contributed by atoms with E-state index in [1.54, 1.807) is 23.8 Å². The first-order valence-corrected chi connectivity index (χ1v) is 12.9. The van der Waals surface area contributed by atoms with Crippen LogP contribution >= 0.6 is 27.3 Å². The quantitative estimate of drug-likeness (QED) is 0.353. The molecule has 1 unspecified atom stereocenters. The van der Waals surface area contributed by atoms with Gasteiger partial charge in [0.1, 0.15) is 11.6 Å². The van der Waals surface area contributed by atoms with E-state index < -0.39 is 0 Å². The number of thiazole rings is 1. The summed E-state index contributed by atoms with van der Waals surface area (Å²) in [6, 6.07) is 20.1. The van der Waals surface area contributed by atoms with E-state index in [0.29, 0.717) is 15.1 Å². The molecule has 2 heterocycles. The molecule has 0 spiro atoms. The highest BCUT2D eigenvalue weighted by Gasteiger charge is 2.32. The van der Waals surface area contributed by atoms with Gasteiger partial charge >= 0.3 is 0 Å². The van der Waals surface area contributed by atoms with Crippen molar-refractivity contribution in [3.05, 3.63) is 125 Å². The summed E-state index contributed by atoms with van der Waals surface area (Å²) in [4.78, 5) is 19.4. The Kier molecular flexibility index (Phi) is 5.54. The topological polar surface area (TPSA) is 43.6 Å². The molecular weight excluding hydrogens is 527 g/mol. The van der Waals surface area contributed by atoms with Crippen molar-refractivity contribution in [2.24, 2.45) is 4.99 Å². The van der Waals surface area contributed by atoms with Crippen molar-refractivity contribution in [1.82, 2.24) is 4.57 Å². The average molecular weight is 547 g/mol. The van der Waals surface area contributed by atoms with Gasteiger partial charge in [-0.1, -0.05) is 63.7 Å². The Hall–Kier alpha value is -3.29. The highest BCUT2D eigenvalue weighted by atomic mass is 79.9. The van der Waals surface area contributed by atoms with E-state index in [1.165, 1.54) is 29.0 Å². The van der Waals surface area contributed by atoms with Crippen LogP contribution in [-0.4, -0.2) is 11.7 Å². The molecule has 0 bridgehead atoms. The van der Waals surface area contributed by atoms with E-state index >= 15 is 0 Å². The summed E-state index contributed by atoms with van der Waals surface area (Å²) in [5, 5.41) is 0. The lowest BCUT2D eigenvalue weighted by Crippen LogP contribution is -2.38. The van der Waals surface area contributed by atoms with E-state index in [0.717, 1.165) is 45.3 Å². The van der Waals surface area contributed by atoms with Gasteiger partial charge < -0.3 is 4.74 Å². The first-order valence-electron chi connectivity index (χ1n) is 11.3.